The van der Waals surface area contributed by atoms with E-state index < -0.39 is 10.2 Å². The molecule has 3 heterocycles. The number of anilines is 1. The SMILES string of the molecule is O=S1(=O)Nc2c(cc(Cl)c3c(Cl)c[nH]c23)CN1Cc1ccnc(Cl)c1. The van der Waals surface area contributed by atoms with Crippen LogP contribution in [0.4, 0.5) is 5.69 Å². The lowest BCUT2D eigenvalue weighted by molar-refractivity contribution is 0.400. The van der Waals surface area contributed by atoms with Gasteiger partial charge in [0, 0.05) is 30.9 Å². The van der Waals surface area contributed by atoms with E-state index in [2.05, 4.69) is 14.7 Å². The van der Waals surface area contributed by atoms with Gasteiger partial charge in [-0.1, -0.05) is 34.8 Å². The number of hydrogen-bond acceptors (Lipinski definition) is 3. The molecule has 4 rings (SSSR count). The summed E-state index contributed by atoms with van der Waals surface area (Å²) in [6.07, 6.45) is 3.12. The lowest BCUT2D eigenvalue weighted by Gasteiger charge is -2.29. The van der Waals surface area contributed by atoms with Crippen LogP contribution in [-0.2, 0) is 23.3 Å². The standard InChI is InChI=1S/C15H11Cl3N4O2S/c16-10-4-9-7-22(6-8-1-2-19-12(18)3-8)25(23,24)21-14(9)15-13(10)11(17)5-20-15/h1-5,20-21H,6-7H2. The Morgan fingerprint density at radius 3 is 2.76 bits per heavy atom. The van der Waals surface area contributed by atoms with Crippen LogP contribution in [0.2, 0.25) is 15.2 Å². The van der Waals surface area contributed by atoms with E-state index in [0.29, 0.717) is 31.8 Å². The smallest absolute Gasteiger partial charge is 0.302 e. The number of nitrogens with one attached hydrogen (secondary N) is 2. The normalized spacial score (nSPS) is 16.6. The van der Waals surface area contributed by atoms with Gasteiger partial charge in [-0.2, -0.15) is 12.7 Å². The van der Waals surface area contributed by atoms with Crippen molar-refractivity contribution in [3.05, 3.63) is 56.9 Å². The molecule has 0 aliphatic carbocycles. The average molecular weight is 418 g/mol. The highest BCUT2D eigenvalue weighted by Crippen LogP contribution is 2.40. The maximum absolute atomic E-state index is 12.7. The molecule has 0 fully saturated rings. The Morgan fingerprint density at radius 1 is 1.20 bits per heavy atom. The fourth-order valence-electron chi connectivity index (χ4n) is 2.88. The van der Waals surface area contributed by atoms with Crippen LogP contribution in [0.5, 0.6) is 0 Å². The minimum atomic E-state index is -3.73. The molecule has 1 aliphatic rings. The topological polar surface area (TPSA) is 78.1 Å². The fourth-order valence-corrected chi connectivity index (χ4v) is 4.96. The van der Waals surface area contributed by atoms with Crippen LogP contribution < -0.4 is 4.72 Å². The van der Waals surface area contributed by atoms with Gasteiger partial charge < -0.3 is 4.98 Å². The number of halogens is 3. The molecular weight excluding hydrogens is 407 g/mol. The van der Waals surface area contributed by atoms with Crippen molar-refractivity contribution in [1.29, 1.82) is 0 Å². The largest absolute Gasteiger partial charge is 0.358 e. The summed E-state index contributed by atoms with van der Waals surface area (Å²) in [4.78, 5) is 6.88. The molecular formula is C15H11Cl3N4O2S. The van der Waals surface area contributed by atoms with Crippen molar-refractivity contribution in [2.24, 2.45) is 0 Å². The van der Waals surface area contributed by atoms with Gasteiger partial charge in [-0.05, 0) is 29.3 Å². The van der Waals surface area contributed by atoms with Crippen LogP contribution in [0.15, 0.2) is 30.6 Å². The third-order valence-electron chi connectivity index (χ3n) is 4.01. The molecule has 1 aromatic carbocycles. The molecule has 1 aliphatic heterocycles. The zero-order valence-corrected chi connectivity index (χ0v) is 15.6. The quantitative estimate of drug-likeness (QED) is 0.614. The highest BCUT2D eigenvalue weighted by atomic mass is 35.5. The van der Waals surface area contributed by atoms with Crippen molar-refractivity contribution in [3.8, 4) is 0 Å². The molecule has 0 bridgehead atoms. The van der Waals surface area contributed by atoms with E-state index in [1.807, 2.05) is 0 Å². The molecule has 3 aromatic rings. The monoisotopic (exact) mass is 416 g/mol. The van der Waals surface area contributed by atoms with Gasteiger partial charge in [0.05, 0.1) is 21.2 Å². The van der Waals surface area contributed by atoms with E-state index in [0.717, 1.165) is 11.1 Å². The Labute approximate surface area is 158 Å². The minimum absolute atomic E-state index is 0.165. The van der Waals surface area contributed by atoms with Crippen LogP contribution in [0.25, 0.3) is 10.9 Å². The number of H-pyrrole nitrogens is 1. The van der Waals surface area contributed by atoms with Crippen LogP contribution in [0, 0.1) is 0 Å². The summed E-state index contributed by atoms with van der Waals surface area (Å²) in [7, 11) is -3.73. The predicted octanol–water partition coefficient (Wildman–Crippen LogP) is 4.20. The number of nitrogens with zero attached hydrogens (tertiary/aromatic N) is 2. The van der Waals surface area contributed by atoms with Crippen molar-refractivity contribution in [2.75, 3.05) is 4.72 Å². The zero-order chi connectivity index (χ0) is 17.8. The highest BCUT2D eigenvalue weighted by Gasteiger charge is 2.31. The maximum atomic E-state index is 12.7. The fraction of sp³-hybridized carbons (Fsp3) is 0.133. The van der Waals surface area contributed by atoms with E-state index in [9.17, 15) is 8.42 Å². The molecule has 130 valence electrons. The zero-order valence-electron chi connectivity index (χ0n) is 12.6. The van der Waals surface area contributed by atoms with Gasteiger partial charge in [-0.25, -0.2) is 4.98 Å². The lowest BCUT2D eigenvalue weighted by atomic mass is 10.1. The third kappa shape index (κ3) is 2.96. The second-order valence-electron chi connectivity index (χ2n) is 5.64. The molecule has 0 radical (unpaired) electrons. The molecule has 0 saturated heterocycles. The van der Waals surface area contributed by atoms with Gasteiger partial charge >= 0.3 is 10.2 Å². The Kier molecular flexibility index (Phi) is 4.09. The molecule has 0 atom stereocenters. The first-order valence-corrected chi connectivity index (χ1v) is 9.79. The molecule has 2 N–H and O–H groups in total. The van der Waals surface area contributed by atoms with Gasteiger partial charge in [0.15, 0.2) is 0 Å². The first kappa shape index (κ1) is 16.9. The maximum Gasteiger partial charge on any atom is 0.302 e. The summed E-state index contributed by atoms with van der Waals surface area (Å²) in [5.41, 5.74) is 2.54. The number of fused-ring (bicyclic) bond motifs is 3. The van der Waals surface area contributed by atoms with Crippen molar-refractivity contribution in [3.63, 3.8) is 0 Å². The number of aromatic amines is 1. The van der Waals surface area contributed by atoms with E-state index >= 15 is 0 Å². The van der Waals surface area contributed by atoms with Crippen LogP contribution in [0.3, 0.4) is 0 Å². The number of hydrogen-bond donors (Lipinski definition) is 2. The number of rotatable bonds is 2. The molecule has 2 aromatic heterocycles. The molecule has 6 nitrogen and oxygen atoms in total. The van der Waals surface area contributed by atoms with Crippen LogP contribution in [-0.4, -0.2) is 22.7 Å². The van der Waals surface area contributed by atoms with Crippen molar-refractivity contribution in [1.82, 2.24) is 14.3 Å². The van der Waals surface area contributed by atoms with Gasteiger partial charge in [0.25, 0.3) is 0 Å². The summed E-state index contributed by atoms with van der Waals surface area (Å²) in [5, 5.41) is 1.81. The number of benzene rings is 1. The van der Waals surface area contributed by atoms with Gasteiger partial charge in [-0.15, -0.1) is 0 Å². The summed E-state index contributed by atoms with van der Waals surface area (Å²) in [6.45, 7) is 0.342. The summed E-state index contributed by atoms with van der Waals surface area (Å²) in [5.74, 6) is 0. The number of pyridine rings is 1. The first-order valence-electron chi connectivity index (χ1n) is 7.21. The van der Waals surface area contributed by atoms with E-state index in [1.54, 1.807) is 24.4 Å². The van der Waals surface area contributed by atoms with Crippen molar-refractivity contribution >= 4 is 61.6 Å². The molecule has 0 unspecified atom stereocenters. The molecule has 0 spiro atoms. The lowest BCUT2D eigenvalue weighted by Crippen LogP contribution is -2.39. The second kappa shape index (κ2) is 6.03. The second-order valence-corrected chi connectivity index (χ2v) is 8.51. The van der Waals surface area contributed by atoms with Crippen molar-refractivity contribution < 1.29 is 8.42 Å². The summed E-state index contributed by atoms with van der Waals surface area (Å²) < 4.78 is 29.2. The molecule has 25 heavy (non-hydrogen) atoms. The van der Waals surface area contributed by atoms with Gasteiger partial charge in [0.1, 0.15) is 5.15 Å². The third-order valence-corrected chi connectivity index (χ3v) is 6.21. The minimum Gasteiger partial charge on any atom is -0.358 e. The molecule has 0 amide bonds. The predicted molar refractivity (Wildman–Crippen MR) is 99.4 cm³/mol. The van der Waals surface area contributed by atoms with E-state index in [4.69, 9.17) is 34.8 Å². The Morgan fingerprint density at radius 2 is 2.00 bits per heavy atom. The molecule has 10 heteroatoms. The van der Waals surface area contributed by atoms with Crippen molar-refractivity contribution in [2.45, 2.75) is 13.1 Å². The first-order chi connectivity index (χ1) is 11.8. The highest BCUT2D eigenvalue weighted by molar-refractivity contribution is 7.90. The van der Waals surface area contributed by atoms with E-state index in [-0.39, 0.29) is 13.1 Å². The van der Waals surface area contributed by atoms with Gasteiger partial charge in [0.2, 0.25) is 0 Å². The Hall–Kier alpha value is -1.51. The van der Waals surface area contributed by atoms with E-state index in [1.165, 1.54) is 10.5 Å². The molecule has 0 saturated carbocycles. The van der Waals surface area contributed by atoms with Crippen LogP contribution in [0.1, 0.15) is 11.1 Å². The summed E-state index contributed by atoms with van der Waals surface area (Å²) >= 11 is 18.3. The van der Waals surface area contributed by atoms with Crippen LogP contribution >= 0.6 is 34.8 Å². The average Bonchev–Trinajstić information content (AvgIpc) is 2.92. The Bertz CT molecular complexity index is 1100. The Balaban J connectivity index is 1.78. The summed E-state index contributed by atoms with van der Waals surface area (Å²) in [6, 6.07) is 5.08. The number of aromatic nitrogens is 2. The van der Waals surface area contributed by atoms with Gasteiger partial charge in [-0.3, -0.25) is 4.72 Å².